The number of carboxylic acids is 1. The maximum Gasteiger partial charge on any atom is 0.336 e. The molecule has 1 saturated carbocycles. The first kappa shape index (κ1) is 21.0. The van der Waals surface area contributed by atoms with Crippen molar-refractivity contribution in [3.05, 3.63) is 58.9 Å². The van der Waals surface area contributed by atoms with Gasteiger partial charge in [-0.3, -0.25) is 0 Å². The van der Waals surface area contributed by atoms with E-state index >= 15 is 0 Å². The van der Waals surface area contributed by atoms with Crippen LogP contribution in [0.1, 0.15) is 85.7 Å². The van der Waals surface area contributed by atoms with Crippen LogP contribution in [0, 0.1) is 23.1 Å². The molecule has 1 aliphatic carbocycles. The Morgan fingerprint density at radius 1 is 1.14 bits per heavy atom. The van der Waals surface area contributed by atoms with E-state index in [0.29, 0.717) is 17.0 Å². The Labute approximate surface area is 172 Å². The fourth-order valence-electron chi connectivity index (χ4n) is 4.48. The minimum Gasteiger partial charge on any atom is -0.478 e. The van der Waals surface area contributed by atoms with E-state index in [2.05, 4.69) is 6.92 Å². The number of carboxylic acid groups (broad SMARTS) is 1. The summed E-state index contributed by atoms with van der Waals surface area (Å²) in [6, 6.07) is 11.6. The van der Waals surface area contributed by atoms with Crippen LogP contribution in [0.4, 0.5) is 4.39 Å². The van der Waals surface area contributed by atoms with Crippen LogP contribution < -0.4 is 0 Å². The molecule has 0 atom stereocenters. The molecule has 0 spiro atoms. The highest BCUT2D eigenvalue weighted by atomic mass is 19.1. The van der Waals surface area contributed by atoms with E-state index in [0.717, 1.165) is 24.3 Å². The summed E-state index contributed by atoms with van der Waals surface area (Å²) in [6.07, 6.45) is 9.85. The molecule has 0 aromatic heterocycles. The van der Waals surface area contributed by atoms with E-state index in [1.807, 2.05) is 12.1 Å². The molecule has 3 nitrogen and oxygen atoms in total. The number of hydrogen-bond donors (Lipinski definition) is 1. The fraction of sp³-hybridized carbons (Fsp3) is 0.440. The summed E-state index contributed by atoms with van der Waals surface area (Å²) in [4.78, 5) is 11.7. The van der Waals surface area contributed by atoms with Crippen molar-refractivity contribution in [2.45, 2.75) is 64.2 Å². The van der Waals surface area contributed by atoms with E-state index in [4.69, 9.17) is 5.26 Å². The van der Waals surface area contributed by atoms with Gasteiger partial charge in [0.25, 0.3) is 0 Å². The Balaban J connectivity index is 1.82. The maximum absolute atomic E-state index is 14.1. The van der Waals surface area contributed by atoms with Gasteiger partial charge in [-0.25, -0.2) is 9.18 Å². The summed E-state index contributed by atoms with van der Waals surface area (Å²) in [7, 11) is 0. The molecule has 152 valence electrons. The highest BCUT2D eigenvalue weighted by molar-refractivity contribution is 5.96. The Morgan fingerprint density at radius 3 is 2.52 bits per heavy atom. The van der Waals surface area contributed by atoms with Crippen molar-refractivity contribution < 1.29 is 14.3 Å². The monoisotopic (exact) mass is 393 g/mol. The van der Waals surface area contributed by atoms with Gasteiger partial charge in [0.2, 0.25) is 0 Å². The summed E-state index contributed by atoms with van der Waals surface area (Å²) in [5, 5.41) is 18.5. The van der Waals surface area contributed by atoms with E-state index in [-0.39, 0.29) is 11.1 Å². The fourth-order valence-corrected chi connectivity index (χ4v) is 4.48. The lowest BCUT2D eigenvalue weighted by Gasteiger charge is -2.29. The number of nitrogens with zero attached hydrogens (tertiary/aromatic N) is 1. The standard InChI is InChI=1S/C25H28FNO2/c1-2-3-4-5-17-6-8-18(9-7-17)19-12-13-22(25(28)29)23(14-19)20-10-11-21(16-27)24(26)15-20/h10-15,17-18H,2-9H2,1H3,(H,28,29)/t17-,18-. The van der Waals surface area contributed by atoms with Crippen LogP contribution in [0.5, 0.6) is 0 Å². The predicted molar refractivity (Wildman–Crippen MR) is 112 cm³/mol. The van der Waals surface area contributed by atoms with Crippen LogP contribution in [0.3, 0.4) is 0 Å². The number of nitriles is 1. The van der Waals surface area contributed by atoms with Gasteiger partial charge in [-0.15, -0.1) is 0 Å². The Hall–Kier alpha value is -2.67. The molecule has 29 heavy (non-hydrogen) atoms. The van der Waals surface area contributed by atoms with Crippen LogP contribution in [-0.2, 0) is 0 Å². The normalized spacial score (nSPS) is 18.9. The van der Waals surface area contributed by atoms with Gasteiger partial charge in [-0.05, 0) is 72.4 Å². The molecular formula is C25H28FNO2. The maximum atomic E-state index is 14.1. The zero-order chi connectivity index (χ0) is 20.8. The molecule has 1 aliphatic rings. The molecule has 1 N–H and O–H groups in total. The highest BCUT2D eigenvalue weighted by Crippen LogP contribution is 2.39. The summed E-state index contributed by atoms with van der Waals surface area (Å²) in [5.74, 6) is -0.430. The van der Waals surface area contributed by atoms with Crippen molar-refractivity contribution in [2.75, 3.05) is 0 Å². The van der Waals surface area contributed by atoms with Gasteiger partial charge in [0.05, 0.1) is 11.1 Å². The van der Waals surface area contributed by atoms with Gasteiger partial charge >= 0.3 is 5.97 Å². The molecule has 0 bridgehead atoms. The Kier molecular flexibility index (Phi) is 7.04. The summed E-state index contributed by atoms with van der Waals surface area (Å²) >= 11 is 0. The molecule has 2 aromatic carbocycles. The number of aromatic carboxylic acids is 1. The van der Waals surface area contributed by atoms with E-state index in [1.165, 1.54) is 50.7 Å². The third-order valence-electron chi connectivity index (χ3n) is 6.21. The quantitative estimate of drug-likeness (QED) is 0.520. The predicted octanol–water partition coefficient (Wildman–Crippen LogP) is 6.92. The molecule has 4 heteroatoms. The number of unbranched alkanes of at least 4 members (excludes halogenated alkanes) is 2. The zero-order valence-corrected chi connectivity index (χ0v) is 17.0. The second kappa shape index (κ2) is 9.69. The highest BCUT2D eigenvalue weighted by Gasteiger charge is 2.24. The van der Waals surface area contributed by atoms with Crippen molar-refractivity contribution in [2.24, 2.45) is 5.92 Å². The third-order valence-corrected chi connectivity index (χ3v) is 6.21. The molecule has 0 heterocycles. The smallest absolute Gasteiger partial charge is 0.336 e. The zero-order valence-electron chi connectivity index (χ0n) is 17.0. The third kappa shape index (κ3) is 5.03. The van der Waals surface area contributed by atoms with E-state index < -0.39 is 11.8 Å². The molecule has 3 rings (SSSR count). The van der Waals surface area contributed by atoms with Crippen LogP contribution in [-0.4, -0.2) is 11.1 Å². The summed E-state index contributed by atoms with van der Waals surface area (Å²) < 4.78 is 14.1. The van der Waals surface area contributed by atoms with Crippen molar-refractivity contribution in [1.29, 1.82) is 5.26 Å². The largest absolute Gasteiger partial charge is 0.478 e. The first-order chi connectivity index (χ1) is 14.0. The molecule has 0 radical (unpaired) electrons. The van der Waals surface area contributed by atoms with Crippen molar-refractivity contribution >= 4 is 5.97 Å². The second-order valence-corrected chi connectivity index (χ2v) is 8.13. The number of rotatable bonds is 7. The van der Waals surface area contributed by atoms with Gasteiger partial charge in [-0.1, -0.05) is 50.8 Å². The topological polar surface area (TPSA) is 61.1 Å². The van der Waals surface area contributed by atoms with Gasteiger partial charge in [0.1, 0.15) is 11.9 Å². The summed E-state index contributed by atoms with van der Waals surface area (Å²) in [6.45, 7) is 2.23. The van der Waals surface area contributed by atoms with Gasteiger partial charge in [0, 0.05) is 0 Å². The van der Waals surface area contributed by atoms with Crippen molar-refractivity contribution in [3.8, 4) is 17.2 Å². The van der Waals surface area contributed by atoms with Crippen LogP contribution in [0.25, 0.3) is 11.1 Å². The molecule has 0 aliphatic heterocycles. The van der Waals surface area contributed by atoms with Crippen molar-refractivity contribution in [3.63, 3.8) is 0 Å². The molecule has 0 saturated heterocycles. The average molecular weight is 394 g/mol. The lowest BCUT2D eigenvalue weighted by Crippen LogP contribution is -2.14. The second-order valence-electron chi connectivity index (χ2n) is 8.13. The van der Waals surface area contributed by atoms with Crippen molar-refractivity contribution in [1.82, 2.24) is 0 Å². The first-order valence-corrected chi connectivity index (χ1v) is 10.6. The minimum atomic E-state index is -1.03. The molecule has 0 unspecified atom stereocenters. The van der Waals surface area contributed by atoms with Gasteiger partial charge in [0.15, 0.2) is 0 Å². The molecule has 0 amide bonds. The lowest BCUT2D eigenvalue weighted by molar-refractivity contribution is 0.0697. The van der Waals surface area contributed by atoms with Gasteiger partial charge in [-0.2, -0.15) is 5.26 Å². The Morgan fingerprint density at radius 2 is 1.90 bits per heavy atom. The lowest BCUT2D eigenvalue weighted by atomic mass is 9.76. The first-order valence-electron chi connectivity index (χ1n) is 10.6. The molecule has 1 fully saturated rings. The van der Waals surface area contributed by atoms with E-state index in [1.54, 1.807) is 18.2 Å². The SMILES string of the molecule is CCCCC[C@H]1CC[C@H](c2ccc(C(=O)O)c(-c3ccc(C#N)c(F)c3)c2)CC1. The number of halogens is 1. The number of carbonyl (C=O) groups is 1. The minimum absolute atomic E-state index is 0.0387. The number of benzene rings is 2. The molecule has 2 aromatic rings. The van der Waals surface area contributed by atoms with E-state index in [9.17, 15) is 14.3 Å². The molecular weight excluding hydrogens is 365 g/mol. The summed E-state index contributed by atoms with van der Waals surface area (Å²) in [5.41, 5.74) is 2.26. The van der Waals surface area contributed by atoms with Crippen LogP contribution in [0.2, 0.25) is 0 Å². The Bertz CT molecular complexity index is 908. The van der Waals surface area contributed by atoms with Gasteiger partial charge < -0.3 is 5.11 Å². The van der Waals surface area contributed by atoms with Crippen LogP contribution in [0.15, 0.2) is 36.4 Å². The number of hydrogen-bond acceptors (Lipinski definition) is 2. The van der Waals surface area contributed by atoms with Crippen LogP contribution >= 0.6 is 0 Å². The average Bonchev–Trinajstić information content (AvgIpc) is 2.74.